The number of para-hydroxylation sites is 1. The van der Waals surface area contributed by atoms with Gasteiger partial charge in [0.2, 0.25) is 0 Å². The van der Waals surface area contributed by atoms with E-state index in [2.05, 4.69) is 25.6 Å². The van der Waals surface area contributed by atoms with Gasteiger partial charge in [-0.25, -0.2) is 9.67 Å². The molecule has 1 aliphatic heterocycles. The van der Waals surface area contributed by atoms with E-state index < -0.39 is 0 Å². The number of amides is 1. The van der Waals surface area contributed by atoms with Crippen LogP contribution in [0.1, 0.15) is 52.3 Å². The number of aromatic nitrogens is 7. The van der Waals surface area contributed by atoms with Crippen LogP contribution in [0.15, 0.2) is 79.1 Å². The molecule has 51 heavy (non-hydrogen) atoms. The lowest BCUT2D eigenvalue weighted by atomic mass is 10.0. The molecule has 3 aromatic carbocycles. The highest BCUT2D eigenvalue weighted by Crippen LogP contribution is 2.34. The third kappa shape index (κ3) is 7.10. The number of anilines is 2. The van der Waals surface area contributed by atoms with Crippen molar-refractivity contribution in [1.29, 1.82) is 0 Å². The van der Waals surface area contributed by atoms with Crippen LogP contribution in [0.2, 0.25) is 10.0 Å². The van der Waals surface area contributed by atoms with Crippen molar-refractivity contribution in [2.45, 2.75) is 45.8 Å². The first-order valence-corrected chi connectivity index (χ1v) is 17.2. The number of carbonyl (C=O) groups excluding carboxylic acids is 1. The number of benzene rings is 3. The molecule has 0 saturated heterocycles. The summed E-state index contributed by atoms with van der Waals surface area (Å²) in [5.74, 6) is 1.62. The van der Waals surface area contributed by atoms with Gasteiger partial charge in [-0.3, -0.25) is 9.48 Å². The normalized spacial score (nSPS) is 12.7. The molecular weight excluding hydrogens is 689 g/mol. The molecule has 0 aliphatic carbocycles. The third-order valence-electron chi connectivity index (χ3n) is 8.87. The summed E-state index contributed by atoms with van der Waals surface area (Å²) in [7, 11) is 3.47. The number of hydrogen-bond acceptors (Lipinski definition) is 9. The molecule has 3 aromatic heterocycles. The van der Waals surface area contributed by atoms with Gasteiger partial charge in [-0.15, -0.1) is 5.10 Å². The number of halogens is 2. The Balaban J connectivity index is 1.11. The highest BCUT2D eigenvalue weighted by Gasteiger charge is 2.28. The van der Waals surface area contributed by atoms with Gasteiger partial charge in [0.25, 0.3) is 5.91 Å². The third-order valence-corrected chi connectivity index (χ3v) is 9.61. The maximum atomic E-state index is 14.0. The number of rotatable bonds is 11. The van der Waals surface area contributed by atoms with Crippen molar-refractivity contribution >= 4 is 40.6 Å². The topological polar surface area (TPSA) is 125 Å². The van der Waals surface area contributed by atoms with Crippen LogP contribution in [0.4, 0.5) is 11.5 Å². The van der Waals surface area contributed by atoms with Crippen LogP contribution >= 0.6 is 23.2 Å². The van der Waals surface area contributed by atoms with E-state index in [4.69, 9.17) is 37.8 Å². The van der Waals surface area contributed by atoms with Crippen molar-refractivity contribution in [3.8, 4) is 28.8 Å². The number of hydrogen-bond donors (Lipinski definition) is 1. The van der Waals surface area contributed by atoms with Gasteiger partial charge >= 0.3 is 6.01 Å². The standard InChI is InChI=1S/C37H35Cl2N9O3/c1-22-11-12-24(46(3)34-15-16-40-37(42-34)50-4)18-27(22)30-20-47(45-43-30)21-31-35(32-9-7-17-48(32)44-31)36(49)41-23(2)26-8-5-6-10-33(26)51-25-13-14-28(38)29(39)19-25/h5-6,8,10-16,18-20,23H,7,9,17,21H2,1-4H3,(H,41,49). The van der Waals surface area contributed by atoms with E-state index in [0.717, 1.165) is 47.5 Å². The summed E-state index contributed by atoms with van der Waals surface area (Å²) in [6, 6.07) is 20.5. The van der Waals surface area contributed by atoms with Gasteiger partial charge < -0.3 is 19.7 Å². The molecule has 7 rings (SSSR count). The van der Waals surface area contributed by atoms with Crippen molar-refractivity contribution < 1.29 is 14.3 Å². The minimum atomic E-state index is -0.379. The van der Waals surface area contributed by atoms with Crippen LogP contribution in [-0.2, 0) is 19.5 Å². The number of ether oxygens (including phenoxy) is 2. The summed E-state index contributed by atoms with van der Waals surface area (Å²) < 4.78 is 15.0. The Kier molecular flexibility index (Phi) is 9.61. The number of aryl methyl sites for hydroxylation is 2. The SMILES string of the molecule is COc1nccc(N(C)c2ccc(C)c(-c3cn(Cc4nn5c(c4C(=O)NC(C)c4ccccc4Oc4ccc(Cl)c(Cl)c4)CCC5)nn3)c2)n1. The van der Waals surface area contributed by atoms with Crippen molar-refractivity contribution in [3.63, 3.8) is 0 Å². The van der Waals surface area contributed by atoms with Gasteiger partial charge in [0, 0.05) is 42.7 Å². The molecule has 0 spiro atoms. The molecule has 12 nitrogen and oxygen atoms in total. The van der Waals surface area contributed by atoms with E-state index >= 15 is 0 Å². The van der Waals surface area contributed by atoms with Crippen LogP contribution in [0.3, 0.4) is 0 Å². The Labute approximate surface area is 305 Å². The van der Waals surface area contributed by atoms with E-state index in [1.54, 1.807) is 29.1 Å². The van der Waals surface area contributed by atoms with Gasteiger partial charge in [0.05, 0.1) is 52.9 Å². The lowest BCUT2D eigenvalue weighted by Crippen LogP contribution is -2.28. The maximum Gasteiger partial charge on any atom is 0.318 e. The highest BCUT2D eigenvalue weighted by atomic mass is 35.5. The van der Waals surface area contributed by atoms with Crippen molar-refractivity contribution in [2.24, 2.45) is 0 Å². The summed E-state index contributed by atoms with van der Waals surface area (Å²) in [6.07, 6.45) is 5.23. The molecule has 260 valence electrons. The maximum absolute atomic E-state index is 14.0. The van der Waals surface area contributed by atoms with Gasteiger partial charge in [-0.1, -0.05) is 52.7 Å². The number of carbonyl (C=O) groups is 1. The van der Waals surface area contributed by atoms with Gasteiger partial charge in [0.15, 0.2) is 0 Å². The highest BCUT2D eigenvalue weighted by molar-refractivity contribution is 6.42. The lowest BCUT2D eigenvalue weighted by Gasteiger charge is -2.19. The molecular formula is C37H35Cl2N9O3. The zero-order valence-corrected chi connectivity index (χ0v) is 30.0. The second-order valence-electron chi connectivity index (χ2n) is 12.3. The van der Waals surface area contributed by atoms with E-state index in [1.165, 1.54) is 7.11 Å². The average molecular weight is 725 g/mol. The molecule has 1 amide bonds. The summed E-state index contributed by atoms with van der Waals surface area (Å²) in [5, 5.41) is 17.8. The van der Waals surface area contributed by atoms with Gasteiger partial charge in [-0.05, 0) is 68.7 Å². The number of methoxy groups -OCH3 is 1. The Morgan fingerprint density at radius 3 is 2.75 bits per heavy atom. The van der Waals surface area contributed by atoms with E-state index in [0.29, 0.717) is 50.3 Å². The Morgan fingerprint density at radius 2 is 1.92 bits per heavy atom. The van der Waals surface area contributed by atoms with Crippen molar-refractivity contribution in [2.75, 3.05) is 19.1 Å². The smallest absolute Gasteiger partial charge is 0.318 e. The first-order chi connectivity index (χ1) is 24.7. The number of nitrogens with zero attached hydrogens (tertiary/aromatic N) is 8. The van der Waals surface area contributed by atoms with Gasteiger partial charge in [-0.2, -0.15) is 10.1 Å². The first kappa shape index (κ1) is 34.0. The second-order valence-corrected chi connectivity index (χ2v) is 13.1. The minimum Gasteiger partial charge on any atom is -0.467 e. The Hall–Kier alpha value is -5.46. The zero-order valence-electron chi connectivity index (χ0n) is 28.5. The van der Waals surface area contributed by atoms with Crippen LogP contribution in [0.25, 0.3) is 11.3 Å². The summed E-state index contributed by atoms with van der Waals surface area (Å²) in [6.45, 7) is 4.99. The van der Waals surface area contributed by atoms with E-state index in [9.17, 15) is 4.79 Å². The predicted molar refractivity (Wildman–Crippen MR) is 195 cm³/mol. The molecule has 6 aromatic rings. The quantitative estimate of drug-likeness (QED) is 0.144. The molecule has 1 unspecified atom stereocenters. The zero-order chi connectivity index (χ0) is 35.6. The molecule has 1 N–H and O–H groups in total. The monoisotopic (exact) mass is 723 g/mol. The minimum absolute atomic E-state index is 0.210. The molecule has 4 heterocycles. The fourth-order valence-corrected chi connectivity index (χ4v) is 6.49. The second kappa shape index (κ2) is 14.4. The summed E-state index contributed by atoms with van der Waals surface area (Å²) >= 11 is 12.3. The Bertz CT molecular complexity index is 2240. The molecule has 0 fully saturated rings. The Morgan fingerprint density at radius 1 is 1.08 bits per heavy atom. The molecule has 14 heteroatoms. The molecule has 0 radical (unpaired) electrons. The fourth-order valence-electron chi connectivity index (χ4n) is 6.20. The molecule has 0 saturated carbocycles. The van der Waals surface area contributed by atoms with Crippen LogP contribution < -0.4 is 19.7 Å². The molecule has 1 aliphatic rings. The van der Waals surface area contributed by atoms with Crippen molar-refractivity contribution in [1.82, 2.24) is 40.1 Å². The largest absolute Gasteiger partial charge is 0.467 e. The van der Waals surface area contributed by atoms with Gasteiger partial charge in [0.1, 0.15) is 23.0 Å². The predicted octanol–water partition coefficient (Wildman–Crippen LogP) is 7.60. The van der Waals surface area contributed by atoms with E-state index in [1.807, 2.05) is 85.2 Å². The molecule has 1 atom stereocenters. The lowest BCUT2D eigenvalue weighted by molar-refractivity contribution is 0.0937. The van der Waals surface area contributed by atoms with E-state index in [-0.39, 0.29) is 18.5 Å². The van der Waals surface area contributed by atoms with Crippen LogP contribution in [-0.4, -0.2) is 54.8 Å². The summed E-state index contributed by atoms with van der Waals surface area (Å²) in [5.41, 5.74) is 6.51. The van der Waals surface area contributed by atoms with Crippen LogP contribution in [0, 0.1) is 6.92 Å². The molecule has 0 bridgehead atoms. The average Bonchev–Trinajstić information content (AvgIpc) is 3.87. The van der Waals surface area contributed by atoms with Crippen molar-refractivity contribution in [3.05, 3.63) is 117 Å². The number of nitrogens with one attached hydrogen (secondary N) is 1. The fraction of sp³-hybridized carbons (Fsp3) is 0.243. The number of fused-ring (bicyclic) bond motifs is 1. The first-order valence-electron chi connectivity index (χ1n) is 16.4. The summed E-state index contributed by atoms with van der Waals surface area (Å²) in [4.78, 5) is 24.6. The van der Waals surface area contributed by atoms with Crippen LogP contribution in [0.5, 0.6) is 17.5 Å².